The van der Waals surface area contributed by atoms with Gasteiger partial charge in [-0.15, -0.1) is 0 Å². The van der Waals surface area contributed by atoms with Crippen molar-refractivity contribution in [3.05, 3.63) is 30.1 Å². The molecule has 0 N–H and O–H groups in total. The van der Waals surface area contributed by atoms with Crippen molar-refractivity contribution in [2.75, 3.05) is 46.8 Å². The molecule has 1 aromatic rings. The number of hydrogen-bond donors (Lipinski definition) is 0. The first-order chi connectivity index (χ1) is 9.50. The maximum atomic E-state index is 12.0. The number of piperazine rings is 1. The second kappa shape index (κ2) is 6.62. The van der Waals surface area contributed by atoms with Crippen molar-refractivity contribution in [2.45, 2.75) is 6.42 Å². The Morgan fingerprint density at radius 1 is 1.20 bits per heavy atom. The zero-order chi connectivity index (χ0) is 14.6. The summed E-state index contributed by atoms with van der Waals surface area (Å²) in [5.74, 6) is 0. The van der Waals surface area contributed by atoms with Gasteiger partial charge in [0.1, 0.15) is 0 Å². The molecule has 0 spiro atoms. The van der Waals surface area contributed by atoms with E-state index in [2.05, 4.69) is 9.88 Å². The fraction of sp³-hybridized carbons (Fsp3) is 0.615. The standard InChI is InChI=1S/C13H22N4O2S/c1-15(2)20(18,19)17-11-9-16(10-12-17)8-6-13-5-3-4-7-14-13/h3-5,7H,6,8-12H2,1-2H3. The third kappa shape index (κ3) is 3.76. The molecule has 0 aliphatic carbocycles. The first-order valence-corrected chi connectivity index (χ1v) is 8.20. The van der Waals surface area contributed by atoms with Crippen molar-refractivity contribution < 1.29 is 8.42 Å². The predicted molar refractivity (Wildman–Crippen MR) is 78.6 cm³/mol. The van der Waals surface area contributed by atoms with Gasteiger partial charge in [-0.25, -0.2) is 0 Å². The Morgan fingerprint density at radius 2 is 1.90 bits per heavy atom. The highest BCUT2D eigenvalue weighted by atomic mass is 32.2. The third-order valence-electron chi connectivity index (χ3n) is 3.53. The number of nitrogens with zero attached hydrogens (tertiary/aromatic N) is 4. The van der Waals surface area contributed by atoms with Gasteiger partial charge in [-0.2, -0.15) is 17.0 Å². The molecule has 1 fully saturated rings. The SMILES string of the molecule is CN(C)S(=O)(=O)N1CCN(CCc2ccccn2)CC1. The molecule has 2 rings (SSSR count). The molecule has 1 saturated heterocycles. The number of rotatable bonds is 5. The van der Waals surface area contributed by atoms with Gasteiger partial charge in [-0.3, -0.25) is 4.98 Å². The highest BCUT2D eigenvalue weighted by Gasteiger charge is 2.28. The summed E-state index contributed by atoms with van der Waals surface area (Å²) in [6, 6.07) is 5.92. The molecule has 0 amide bonds. The van der Waals surface area contributed by atoms with E-state index >= 15 is 0 Å². The average molecular weight is 298 g/mol. The molecule has 6 nitrogen and oxygen atoms in total. The molecule has 0 unspecified atom stereocenters. The van der Waals surface area contributed by atoms with Crippen LogP contribution in [0, 0.1) is 0 Å². The van der Waals surface area contributed by atoms with Crippen LogP contribution in [0.15, 0.2) is 24.4 Å². The summed E-state index contributed by atoms with van der Waals surface area (Å²) in [5.41, 5.74) is 1.08. The van der Waals surface area contributed by atoms with Gasteiger partial charge in [0.2, 0.25) is 0 Å². The summed E-state index contributed by atoms with van der Waals surface area (Å²) in [5, 5.41) is 0. The Kier molecular flexibility index (Phi) is 5.09. The molecule has 7 heteroatoms. The Bertz CT molecular complexity index is 510. The van der Waals surface area contributed by atoms with Crippen LogP contribution in [0.5, 0.6) is 0 Å². The fourth-order valence-electron chi connectivity index (χ4n) is 2.23. The minimum Gasteiger partial charge on any atom is -0.300 e. The topological polar surface area (TPSA) is 56.8 Å². The van der Waals surface area contributed by atoms with Crippen molar-refractivity contribution in [1.29, 1.82) is 0 Å². The second-order valence-corrected chi connectivity index (χ2v) is 7.24. The lowest BCUT2D eigenvalue weighted by Crippen LogP contribution is -2.51. The van der Waals surface area contributed by atoms with E-state index in [-0.39, 0.29) is 0 Å². The number of aromatic nitrogens is 1. The normalized spacial score (nSPS) is 18.6. The molecule has 1 aromatic heterocycles. The average Bonchev–Trinajstić information content (AvgIpc) is 2.46. The fourth-order valence-corrected chi connectivity index (χ4v) is 3.32. The first-order valence-electron chi connectivity index (χ1n) is 6.80. The van der Waals surface area contributed by atoms with Crippen molar-refractivity contribution in [3.8, 4) is 0 Å². The van der Waals surface area contributed by atoms with E-state index in [1.54, 1.807) is 24.6 Å². The van der Waals surface area contributed by atoms with Gasteiger partial charge in [0, 0.05) is 65.1 Å². The summed E-state index contributed by atoms with van der Waals surface area (Å²) in [6.45, 7) is 3.60. The van der Waals surface area contributed by atoms with E-state index in [0.29, 0.717) is 13.1 Å². The summed E-state index contributed by atoms with van der Waals surface area (Å²) < 4.78 is 26.8. The van der Waals surface area contributed by atoms with Crippen LogP contribution < -0.4 is 0 Å². The van der Waals surface area contributed by atoms with Crippen molar-refractivity contribution in [1.82, 2.24) is 18.5 Å². The molecule has 2 heterocycles. The maximum Gasteiger partial charge on any atom is 0.281 e. The maximum absolute atomic E-state index is 12.0. The Morgan fingerprint density at radius 3 is 2.45 bits per heavy atom. The van der Waals surface area contributed by atoms with Gasteiger partial charge in [0.15, 0.2) is 0 Å². The van der Waals surface area contributed by atoms with Crippen LogP contribution in [0.25, 0.3) is 0 Å². The monoisotopic (exact) mass is 298 g/mol. The smallest absolute Gasteiger partial charge is 0.281 e. The number of hydrogen-bond acceptors (Lipinski definition) is 4. The minimum absolute atomic E-state index is 0.558. The van der Waals surface area contributed by atoms with Crippen LogP contribution >= 0.6 is 0 Å². The first kappa shape index (κ1) is 15.4. The molecule has 0 aromatic carbocycles. The highest BCUT2D eigenvalue weighted by molar-refractivity contribution is 7.86. The lowest BCUT2D eigenvalue weighted by Gasteiger charge is -2.35. The van der Waals surface area contributed by atoms with Crippen molar-refractivity contribution in [2.24, 2.45) is 0 Å². The summed E-state index contributed by atoms with van der Waals surface area (Å²) in [4.78, 5) is 6.59. The molecule has 0 radical (unpaired) electrons. The summed E-state index contributed by atoms with van der Waals surface area (Å²) in [6.07, 6.45) is 2.71. The molecule has 20 heavy (non-hydrogen) atoms. The van der Waals surface area contributed by atoms with Gasteiger partial charge in [-0.1, -0.05) is 6.07 Å². The van der Waals surface area contributed by atoms with Crippen LogP contribution in [0.2, 0.25) is 0 Å². The zero-order valence-corrected chi connectivity index (χ0v) is 12.9. The van der Waals surface area contributed by atoms with E-state index in [9.17, 15) is 8.42 Å². The van der Waals surface area contributed by atoms with Crippen molar-refractivity contribution >= 4 is 10.2 Å². The van der Waals surface area contributed by atoms with Crippen LogP contribution in [0.3, 0.4) is 0 Å². The molecule has 1 aliphatic rings. The van der Waals surface area contributed by atoms with Crippen LogP contribution in [0.4, 0.5) is 0 Å². The third-order valence-corrected chi connectivity index (χ3v) is 5.47. The van der Waals surface area contributed by atoms with Crippen LogP contribution in [0.1, 0.15) is 5.69 Å². The van der Waals surface area contributed by atoms with Crippen LogP contribution in [-0.2, 0) is 16.6 Å². The summed E-state index contributed by atoms with van der Waals surface area (Å²) >= 11 is 0. The van der Waals surface area contributed by atoms with Gasteiger partial charge < -0.3 is 4.90 Å². The van der Waals surface area contributed by atoms with Crippen LogP contribution in [-0.4, -0.2) is 73.7 Å². The molecular weight excluding hydrogens is 276 g/mol. The summed E-state index contributed by atoms with van der Waals surface area (Å²) in [7, 11) is -0.118. The zero-order valence-electron chi connectivity index (χ0n) is 12.1. The van der Waals surface area contributed by atoms with E-state index in [1.807, 2.05) is 18.2 Å². The highest BCUT2D eigenvalue weighted by Crippen LogP contribution is 2.10. The largest absolute Gasteiger partial charge is 0.300 e. The van der Waals surface area contributed by atoms with Gasteiger partial charge in [-0.05, 0) is 12.1 Å². The lowest BCUT2D eigenvalue weighted by molar-refractivity contribution is 0.185. The molecule has 0 bridgehead atoms. The molecule has 112 valence electrons. The van der Waals surface area contributed by atoms with E-state index in [0.717, 1.165) is 31.7 Å². The minimum atomic E-state index is -3.26. The molecular formula is C13H22N4O2S. The van der Waals surface area contributed by atoms with Gasteiger partial charge in [0.25, 0.3) is 10.2 Å². The predicted octanol–water partition coefficient (Wildman–Crippen LogP) is 0.0481. The Balaban J connectivity index is 1.80. The molecule has 1 aliphatic heterocycles. The Hall–Kier alpha value is -1.02. The van der Waals surface area contributed by atoms with Gasteiger partial charge in [0.05, 0.1) is 0 Å². The van der Waals surface area contributed by atoms with Crippen molar-refractivity contribution in [3.63, 3.8) is 0 Å². The quantitative estimate of drug-likeness (QED) is 0.771. The van der Waals surface area contributed by atoms with E-state index in [4.69, 9.17) is 0 Å². The van der Waals surface area contributed by atoms with Gasteiger partial charge >= 0.3 is 0 Å². The second-order valence-electron chi connectivity index (χ2n) is 5.10. The molecule has 0 atom stereocenters. The van der Waals surface area contributed by atoms with E-state index in [1.165, 1.54) is 4.31 Å². The molecule has 0 saturated carbocycles. The van der Waals surface area contributed by atoms with E-state index < -0.39 is 10.2 Å². The number of pyridine rings is 1. The Labute approximate surface area is 121 Å². The lowest BCUT2D eigenvalue weighted by atomic mass is 10.2.